The van der Waals surface area contributed by atoms with Crippen LogP contribution in [-0.2, 0) is 0 Å². The highest BCUT2D eigenvalue weighted by Gasteiger charge is 2.16. The lowest BCUT2D eigenvalue weighted by atomic mass is 10.0. The number of benzene rings is 2. The quantitative estimate of drug-likeness (QED) is 0.683. The Hall–Kier alpha value is -2.20. The molecule has 21 heavy (non-hydrogen) atoms. The van der Waals surface area contributed by atoms with Gasteiger partial charge in [0.25, 0.3) is 0 Å². The Balaban J connectivity index is 1.94. The van der Waals surface area contributed by atoms with E-state index in [0.29, 0.717) is 46.5 Å². The summed E-state index contributed by atoms with van der Waals surface area (Å²) in [6, 6.07) is 10.0. The number of ketones is 1. The number of rotatable bonds is 2. The standard InChI is InChI=1S/C16H14ClNO3/c17-12-4-2-10(8-13(12)18)16(19)11-3-5-14-15(9-11)21-7-1-6-20-14/h2-5,8-9H,1,6-7,18H2. The van der Waals surface area contributed by atoms with Crippen molar-refractivity contribution in [2.75, 3.05) is 18.9 Å². The molecule has 0 fully saturated rings. The van der Waals surface area contributed by atoms with Crippen molar-refractivity contribution in [2.45, 2.75) is 6.42 Å². The van der Waals surface area contributed by atoms with Crippen LogP contribution in [0.1, 0.15) is 22.3 Å². The van der Waals surface area contributed by atoms with Gasteiger partial charge in [0.05, 0.1) is 23.9 Å². The molecule has 1 aliphatic heterocycles. The number of nitrogen functional groups attached to an aromatic ring is 1. The second-order valence-electron chi connectivity index (χ2n) is 4.78. The molecule has 2 aromatic carbocycles. The molecule has 1 aliphatic rings. The maximum absolute atomic E-state index is 12.5. The molecule has 2 aromatic rings. The summed E-state index contributed by atoms with van der Waals surface area (Å²) < 4.78 is 11.1. The number of halogens is 1. The molecule has 0 bridgehead atoms. The van der Waals surface area contributed by atoms with E-state index in [1.807, 2.05) is 0 Å². The molecule has 0 saturated carbocycles. The van der Waals surface area contributed by atoms with Crippen molar-refractivity contribution in [1.29, 1.82) is 0 Å². The van der Waals surface area contributed by atoms with Crippen LogP contribution in [0, 0.1) is 0 Å². The van der Waals surface area contributed by atoms with Crippen LogP contribution >= 0.6 is 11.6 Å². The average Bonchev–Trinajstić information content (AvgIpc) is 2.73. The van der Waals surface area contributed by atoms with Crippen LogP contribution in [0.15, 0.2) is 36.4 Å². The van der Waals surface area contributed by atoms with E-state index in [1.54, 1.807) is 36.4 Å². The Bertz CT molecular complexity index is 700. The summed E-state index contributed by atoms with van der Waals surface area (Å²) in [6.45, 7) is 1.20. The van der Waals surface area contributed by atoms with Crippen LogP contribution in [0.25, 0.3) is 0 Å². The molecule has 0 atom stereocenters. The minimum Gasteiger partial charge on any atom is -0.490 e. The highest BCUT2D eigenvalue weighted by molar-refractivity contribution is 6.33. The van der Waals surface area contributed by atoms with Gasteiger partial charge in [-0.05, 0) is 36.4 Å². The Morgan fingerprint density at radius 2 is 1.67 bits per heavy atom. The Morgan fingerprint density at radius 1 is 1.00 bits per heavy atom. The molecular formula is C16H14ClNO3. The second-order valence-corrected chi connectivity index (χ2v) is 5.18. The normalized spacial score (nSPS) is 13.6. The van der Waals surface area contributed by atoms with E-state index in [2.05, 4.69) is 0 Å². The van der Waals surface area contributed by atoms with Crippen molar-refractivity contribution in [2.24, 2.45) is 0 Å². The van der Waals surface area contributed by atoms with Gasteiger partial charge in [0.15, 0.2) is 17.3 Å². The van der Waals surface area contributed by atoms with Gasteiger partial charge >= 0.3 is 0 Å². The van der Waals surface area contributed by atoms with Gasteiger partial charge in [-0.25, -0.2) is 0 Å². The smallest absolute Gasteiger partial charge is 0.193 e. The van der Waals surface area contributed by atoms with E-state index in [0.717, 1.165) is 6.42 Å². The molecule has 0 saturated heterocycles. The molecule has 0 unspecified atom stereocenters. The Labute approximate surface area is 127 Å². The number of nitrogens with two attached hydrogens (primary N) is 1. The van der Waals surface area contributed by atoms with Crippen molar-refractivity contribution in [3.8, 4) is 11.5 Å². The minimum atomic E-state index is -0.131. The van der Waals surface area contributed by atoms with Gasteiger partial charge in [-0.1, -0.05) is 11.6 Å². The number of carbonyl (C=O) groups excluding carboxylic acids is 1. The Kier molecular flexibility index (Phi) is 3.71. The molecule has 108 valence electrons. The molecule has 3 rings (SSSR count). The lowest BCUT2D eigenvalue weighted by Gasteiger charge is -2.09. The fourth-order valence-electron chi connectivity index (χ4n) is 2.16. The van der Waals surface area contributed by atoms with Crippen molar-refractivity contribution < 1.29 is 14.3 Å². The monoisotopic (exact) mass is 303 g/mol. The Morgan fingerprint density at radius 3 is 2.43 bits per heavy atom. The molecule has 0 spiro atoms. The third-order valence-electron chi connectivity index (χ3n) is 3.27. The van der Waals surface area contributed by atoms with E-state index in [-0.39, 0.29) is 5.78 Å². The molecule has 2 N–H and O–H groups in total. The summed E-state index contributed by atoms with van der Waals surface area (Å²) in [6.07, 6.45) is 0.825. The number of carbonyl (C=O) groups is 1. The van der Waals surface area contributed by atoms with Crippen molar-refractivity contribution >= 4 is 23.1 Å². The van der Waals surface area contributed by atoms with Gasteiger partial charge < -0.3 is 15.2 Å². The fraction of sp³-hybridized carbons (Fsp3) is 0.188. The minimum absolute atomic E-state index is 0.131. The van der Waals surface area contributed by atoms with Crippen LogP contribution < -0.4 is 15.2 Å². The zero-order chi connectivity index (χ0) is 14.8. The first-order valence-electron chi connectivity index (χ1n) is 6.64. The number of hydrogen-bond acceptors (Lipinski definition) is 4. The SMILES string of the molecule is Nc1cc(C(=O)c2ccc3c(c2)OCCCO3)ccc1Cl. The molecule has 0 aromatic heterocycles. The summed E-state index contributed by atoms with van der Waals surface area (Å²) in [5.74, 6) is 1.13. The third kappa shape index (κ3) is 2.81. The maximum Gasteiger partial charge on any atom is 0.193 e. The molecule has 4 nitrogen and oxygen atoms in total. The van der Waals surface area contributed by atoms with Crippen molar-refractivity contribution in [3.63, 3.8) is 0 Å². The van der Waals surface area contributed by atoms with E-state index < -0.39 is 0 Å². The van der Waals surface area contributed by atoms with Crippen LogP contribution in [0.2, 0.25) is 5.02 Å². The first kappa shape index (κ1) is 13.8. The summed E-state index contributed by atoms with van der Waals surface area (Å²) in [4.78, 5) is 12.5. The van der Waals surface area contributed by atoms with Gasteiger partial charge in [0, 0.05) is 17.5 Å². The third-order valence-corrected chi connectivity index (χ3v) is 3.61. The summed E-state index contributed by atoms with van der Waals surface area (Å²) in [5, 5.41) is 0.435. The zero-order valence-electron chi connectivity index (χ0n) is 11.3. The van der Waals surface area contributed by atoms with E-state index >= 15 is 0 Å². The van der Waals surface area contributed by atoms with Crippen molar-refractivity contribution in [1.82, 2.24) is 0 Å². The van der Waals surface area contributed by atoms with Crippen LogP contribution in [-0.4, -0.2) is 19.0 Å². The maximum atomic E-state index is 12.5. The van der Waals surface area contributed by atoms with E-state index in [1.165, 1.54) is 0 Å². The number of fused-ring (bicyclic) bond motifs is 1. The topological polar surface area (TPSA) is 61.6 Å². The molecule has 1 heterocycles. The van der Waals surface area contributed by atoms with Crippen LogP contribution in [0.3, 0.4) is 0 Å². The van der Waals surface area contributed by atoms with Gasteiger partial charge in [-0.2, -0.15) is 0 Å². The molecule has 5 heteroatoms. The van der Waals surface area contributed by atoms with E-state index in [9.17, 15) is 4.79 Å². The predicted molar refractivity (Wildman–Crippen MR) is 81.3 cm³/mol. The number of ether oxygens (including phenoxy) is 2. The highest BCUT2D eigenvalue weighted by Crippen LogP contribution is 2.31. The molecule has 0 radical (unpaired) electrons. The first-order valence-corrected chi connectivity index (χ1v) is 7.02. The lowest BCUT2D eigenvalue weighted by molar-refractivity contribution is 0.103. The highest BCUT2D eigenvalue weighted by atomic mass is 35.5. The molecule has 0 amide bonds. The predicted octanol–water partition coefficient (Wildman–Crippen LogP) is 3.31. The largest absolute Gasteiger partial charge is 0.490 e. The summed E-state index contributed by atoms with van der Waals surface area (Å²) in [7, 11) is 0. The van der Waals surface area contributed by atoms with Crippen molar-refractivity contribution in [3.05, 3.63) is 52.5 Å². The van der Waals surface area contributed by atoms with Gasteiger partial charge in [0.1, 0.15) is 0 Å². The molecular weight excluding hydrogens is 290 g/mol. The van der Waals surface area contributed by atoms with Crippen LogP contribution in [0.4, 0.5) is 5.69 Å². The second kappa shape index (κ2) is 5.66. The zero-order valence-corrected chi connectivity index (χ0v) is 12.0. The number of hydrogen-bond donors (Lipinski definition) is 1. The number of anilines is 1. The molecule has 0 aliphatic carbocycles. The lowest BCUT2D eigenvalue weighted by Crippen LogP contribution is -2.03. The fourth-order valence-corrected chi connectivity index (χ4v) is 2.27. The summed E-state index contributed by atoms with van der Waals surface area (Å²) >= 11 is 5.87. The summed E-state index contributed by atoms with van der Waals surface area (Å²) in [5.41, 5.74) is 7.15. The van der Waals surface area contributed by atoms with Gasteiger partial charge in [0.2, 0.25) is 0 Å². The van der Waals surface area contributed by atoms with Gasteiger partial charge in [-0.3, -0.25) is 4.79 Å². The van der Waals surface area contributed by atoms with E-state index in [4.69, 9.17) is 26.8 Å². The first-order chi connectivity index (χ1) is 10.1. The van der Waals surface area contributed by atoms with Crippen LogP contribution in [0.5, 0.6) is 11.5 Å². The average molecular weight is 304 g/mol. The van der Waals surface area contributed by atoms with Gasteiger partial charge in [-0.15, -0.1) is 0 Å².